The molecule has 34 heavy (non-hydrogen) atoms. The van der Waals surface area contributed by atoms with Crippen molar-refractivity contribution in [3.05, 3.63) is 106 Å². The highest BCUT2D eigenvalue weighted by Crippen LogP contribution is 2.39. The van der Waals surface area contributed by atoms with Gasteiger partial charge in [0.25, 0.3) is 0 Å². The first-order valence-corrected chi connectivity index (χ1v) is 11.6. The van der Waals surface area contributed by atoms with E-state index in [1.165, 1.54) is 30.0 Å². The van der Waals surface area contributed by atoms with Crippen molar-refractivity contribution in [1.29, 1.82) is 0 Å². The van der Waals surface area contributed by atoms with Gasteiger partial charge in [0.1, 0.15) is 27.9 Å². The molecule has 0 aliphatic carbocycles. The third-order valence-electron chi connectivity index (χ3n) is 5.23. The summed E-state index contributed by atoms with van der Waals surface area (Å²) in [4.78, 5) is 24.5. The lowest BCUT2D eigenvalue weighted by Gasteiger charge is -2.15. The molecule has 7 heteroatoms. The lowest BCUT2D eigenvalue weighted by Crippen LogP contribution is -2.06. The standard InChI is InChI=1S/C27H22O6S/c1-17-20(26(29)30)12-13-21(24(17)32-19-10-6-3-7-11-19)23-16-22(28)25(27(31)33-23)34-15-14-18-8-4-2-5-9-18/h2-13,16,28H,14-15H2,1H3,(H,29,30). The van der Waals surface area contributed by atoms with Crippen molar-refractivity contribution in [3.63, 3.8) is 0 Å². The summed E-state index contributed by atoms with van der Waals surface area (Å²) in [5.74, 6) is 0.107. The van der Waals surface area contributed by atoms with Crippen LogP contribution in [0.3, 0.4) is 0 Å². The van der Waals surface area contributed by atoms with E-state index in [0.717, 1.165) is 12.0 Å². The number of benzene rings is 3. The van der Waals surface area contributed by atoms with Crippen molar-refractivity contribution in [2.24, 2.45) is 0 Å². The molecular formula is C27H22O6S. The highest BCUT2D eigenvalue weighted by atomic mass is 32.2. The lowest BCUT2D eigenvalue weighted by molar-refractivity contribution is 0.0695. The zero-order valence-corrected chi connectivity index (χ0v) is 19.2. The van der Waals surface area contributed by atoms with Crippen molar-refractivity contribution in [1.82, 2.24) is 0 Å². The van der Waals surface area contributed by atoms with Crippen LogP contribution in [0.1, 0.15) is 21.5 Å². The maximum Gasteiger partial charge on any atom is 0.353 e. The predicted molar refractivity (Wildman–Crippen MR) is 131 cm³/mol. The van der Waals surface area contributed by atoms with Gasteiger partial charge in [-0.05, 0) is 43.2 Å². The van der Waals surface area contributed by atoms with E-state index in [9.17, 15) is 19.8 Å². The number of carbonyl (C=O) groups is 1. The minimum atomic E-state index is -1.10. The van der Waals surface area contributed by atoms with Crippen LogP contribution in [0.2, 0.25) is 0 Å². The van der Waals surface area contributed by atoms with Gasteiger partial charge in [0.15, 0.2) is 0 Å². The van der Waals surface area contributed by atoms with Gasteiger partial charge in [-0.25, -0.2) is 9.59 Å². The first-order chi connectivity index (χ1) is 16.4. The fourth-order valence-corrected chi connectivity index (χ4v) is 4.41. The van der Waals surface area contributed by atoms with Crippen LogP contribution in [0.15, 0.2) is 93.0 Å². The molecule has 2 N–H and O–H groups in total. The van der Waals surface area contributed by atoms with Gasteiger partial charge >= 0.3 is 11.6 Å². The molecule has 0 amide bonds. The maximum absolute atomic E-state index is 12.7. The molecule has 3 aromatic carbocycles. The molecule has 0 saturated carbocycles. The molecule has 0 radical (unpaired) electrons. The molecule has 4 aromatic rings. The molecule has 0 aliphatic heterocycles. The van der Waals surface area contributed by atoms with E-state index in [4.69, 9.17) is 9.15 Å². The van der Waals surface area contributed by atoms with E-state index < -0.39 is 11.6 Å². The summed E-state index contributed by atoms with van der Waals surface area (Å²) in [6, 6.07) is 23.0. The SMILES string of the molecule is Cc1c(C(=O)O)ccc(-c2cc(O)c(SCCc3ccccc3)c(=O)o2)c1Oc1ccccc1. The van der Waals surface area contributed by atoms with Crippen molar-refractivity contribution < 1.29 is 24.2 Å². The van der Waals surface area contributed by atoms with E-state index in [1.54, 1.807) is 31.2 Å². The number of ether oxygens (including phenoxy) is 1. The fraction of sp³-hybridized carbons (Fsp3) is 0.111. The quantitative estimate of drug-likeness (QED) is 0.296. The molecule has 6 nitrogen and oxygen atoms in total. The minimum Gasteiger partial charge on any atom is -0.506 e. The number of aryl methyl sites for hydroxylation is 1. The Kier molecular flexibility index (Phi) is 7.04. The third kappa shape index (κ3) is 5.15. The van der Waals surface area contributed by atoms with Crippen LogP contribution >= 0.6 is 11.8 Å². The van der Waals surface area contributed by atoms with Gasteiger partial charge in [-0.15, -0.1) is 11.8 Å². The number of aromatic hydroxyl groups is 1. The average molecular weight is 475 g/mol. The van der Waals surface area contributed by atoms with Crippen LogP contribution in [0.4, 0.5) is 0 Å². The van der Waals surface area contributed by atoms with Gasteiger partial charge in [0.05, 0.1) is 11.1 Å². The van der Waals surface area contributed by atoms with E-state index >= 15 is 0 Å². The van der Waals surface area contributed by atoms with Crippen LogP contribution in [0, 0.1) is 6.92 Å². The molecular weight excluding hydrogens is 452 g/mol. The highest BCUT2D eigenvalue weighted by Gasteiger charge is 2.21. The number of para-hydroxylation sites is 1. The minimum absolute atomic E-state index is 0.0642. The number of hydrogen-bond donors (Lipinski definition) is 2. The van der Waals surface area contributed by atoms with Crippen molar-refractivity contribution in [2.75, 3.05) is 5.75 Å². The van der Waals surface area contributed by atoms with Crippen LogP contribution in [0.25, 0.3) is 11.3 Å². The van der Waals surface area contributed by atoms with E-state index in [0.29, 0.717) is 22.6 Å². The second-order valence-electron chi connectivity index (χ2n) is 7.53. The van der Waals surface area contributed by atoms with Crippen molar-refractivity contribution in [2.45, 2.75) is 18.2 Å². The molecule has 0 saturated heterocycles. The topological polar surface area (TPSA) is 97.0 Å². The Morgan fingerprint density at radius 2 is 1.68 bits per heavy atom. The van der Waals surface area contributed by atoms with Crippen molar-refractivity contribution in [3.8, 4) is 28.6 Å². The molecule has 0 aliphatic rings. The van der Waals surface area contributed by atoms with Crippen LogP contribution in [0.5, 0.6) is 17.2 Å². The number of rotatable bonds is 8. The van der Waals surface area contributed by atoms with E-state index in [2.05, 4.69) is 0 Å². The van der Waals surface area contributed by atoms with Gasteiger partial charge in [0, 0.05) is 17.4 Å². The Labute approximate surface area is 200 Å². The van der Waals surface area contributed by atoms with E-state index in [-0.39, 0.29) is 27.7 Å². The number of thioether (sulfide) groups is 1. The largest absolute Gasteiger partial charge is 0.506 e. The number of hydrogen-bond acceptors (Lipinski definition) is 6. The summed E-state index contributed by atoms with van der Waals surface area (Å²) in [6.45, 7) is 1.62. The smallest absolute Gasteiger partial charge is 0.353 e. The second-order valence-corrected chi connectivity index (χ2v) is 8.64. The summed E-state index contributed by atoms with van der Waals surface area (Å²) >= 11 is 1.22. The van der Waals surface area contributed by atoms with Crippen LogP contribution in [-0.4, -0.2) is 21.9 Å². The number of carboxylic acids is 1. The average Bonchev–Trinajstić information content (AvgIpc) is 2.83. The molecule has 0 spiro atoms. The first kappa shape index (κ1) is 23.2. The van der Waals surface area contributed by atoms with Crippen LogP contribution < -0.4 is 10.4 Å². The summed E-state index contributed by atoms with van der Waals surface area (Å²) in [6.07, 6.45) is 0.733. The Morgan fingerprint density at radius 3 is 2.32 bits per heavy atom. The Bertz CT molecular complexity index is 1360. The maximum atomic E-state index is 12.7. The monoisotopic (exact) mass is 474 g/mol. The number of carboxylic acid groups (broad SMARTS) is 1. The fourth-order valence-electron chi connectivity index (χ4n) is 3.51. The first-order valence-electron chi connectivity index (χ1n) is 10.6. The van der Waals surface area contributed by atoms with Gasteiger partial charge in [-0.2, -0.15) is 0 Å². The predicted octanol–water partition coefficient (Wildman–Crippen LogP) is 6.15. The van der Waals surface area contributed by atoms with Crippen molar-refractivity contribution >= 4 is 17.7 Å². The second kappa shape index (κ2) is 10.3. The van der Waals surface area contributed by atoms with Gasteiger partial charge in [-0.3, -0.25) is 0 Å². The normalized spacial score (nSPS) is 10.7. The molecule has 0 unspecified atom stereocenters. The van der Waals surface area contributed by atoms with Crippen LogP contribution in [-0.2, 0) is 6.42 Å². The Balaban J connectivity index is 1.67. The molecule has 1 heterocycles. The zero-order chi connectivity index (χ0) is 24.1. The van der Waals surface area contributed by atoms with Gasteiger partial charge in [0.2, 0.25) is 0 Å². The molecule has 4 rings (SSSR count). The zero-order valence-electron chi connectivity index (χ0n) is 18.4. The van der Waals surface area contributed by atoms with Gasteiger partial charge in [-0.1, -0.05) is 48.5 Å². The summed E-state index contributed by atoms with van der Waals surface area (Å²) in [7, 11) is 0. The lowest BCUT2D eigenvalue weighted by atomic mass is 10.0. The molecule has 0 bridgehead atoms. The summed E-state index contributed by atoms with van der Waals surface area (Å²) in [5.41, 5.74) is 1.26. The molecule has 172 valence electrons. The summed E-state index contributed by atoms with van der Waals surface area (Å²) < 4.78 is 11.5. The Hall–Kier alpha value is -3.97. The molecule has 0 atom stereocenters. The third-order valence-corrected chi connectivity index (χ3v) is 6.31. The summed E-state index contributed by atoms with van der Waals surface area (Å²) in [5, 5.41) is 20.1. The Morgan fingerprint density at radius 1 is 1.00 bits per heavy atom. The highest BCUT2D eigenvalue weighted by molar-refractivity contribution is 7.99. The molecule has 1 aromatic heterocycles. The molecule has 0 fully saturated rings. The van der Waals surface area contributed by atoms with Gasteiger partial charge < -0.3 is 19.4 Å². The van der Waals surface area contributed by atoms with E-state index in [1.807, 2.05) is 36.4 Å². The number of aromatic carboxylic acids is 1.